The lowest BCUT2D eigenvalue weighted by Crippen LogP contribution is -2.47. The Morgan fingerprint density at radius 1 is 1.21 bits per heavy atom. The van der Waals surface area contributed by atoms with Gasteiger partial charge in [0.2, 0.25) is 5.91 Å². The van der Waals surface area contributed by atoms with Crippen LogP contribution >= 0.6 is 0 Å². The maximum atomic E-state index is 11.9. The van der Waals surface area contributed by atoms with Crippen molar-refractivity contribution in [2.24, 2.45) is 11.7 Å². The number of rotatable bonds is 6. The normalized spacial score (nSPS) is 13.0. The van der Waals surface area contributed by atoms with E-state index >= 15 is 0 Å². The van der Waals surface area contributed by atoms with Crippen LogP contribution in [-0.2, 0) is 4.79 Å². The molecule has 0 saturated heterocycles. The third kappa shape index (κ3) is 4.09. The summed E-state index contributed by atoms with van der Waals surface area (Å²) in [5.41, 5.74) is 5.83. The van der Waals surface area contributed by atoms with E-state index < -0.39 is 0 Å². The van der Waals surface area contributed by atoms with Crippen molar-refractivity contribution in [1.82, 2.24) is 4.90 Å². The van der Waals surface area contributed by atoms with Crippen LogP contribution < -0.4 is 5.73 Å². The second kappa shape index (κ2) is 6.82. The summed E-state index contributed by atoms with van der Waals surface area (Å²) >= 11 is 0. The summed E-state index contributed by atoms with van der Waals surface area (Å²) in [6, 6.07) is -0.340. The molecule has 14 heavy (non-hydrogen) atoms. The fraction of sp³-hybridized carbons (Fsp3) is 0.909. The zero-order valence-electron chi connectivity index (χ0n) is 9.92. The largest absolute Gasteiger partial charge is 0.341 e. The summed E-state index contributed by atoms with van der Waals surface area (Å²) in [6.45, 7) is 9.78. The molecule has 1 unspecified atom stereocenters. The molecule has 0 heterocycles. The molecule has 3 nitrogen and oxygen atoms in total. The molecule has 0 spiro atoms. The van der Waals surface area contributed by atoms with Crippen LogP contribution in [0.3, 0.4) is 0 Å². The molecule has 2 N–H and O–H groups in total. The molecule has 0 aromatic rings. The Hall–Kier alpha value is -0.570. The van der Waals surface area contributed by atoms with Crippen molar-refractivity contribution < 1.29 is 4.79 Å². The number of nitrogens with zero attached hydrogens (tertiary/aromatic N) is 1. The fourth-order valence-corrected chi connectivity index (χ4v) is 1.37. The number of hydrogen-bond donors (Lipinski definition) is 1. The molecule has 0 aliphatic rings. The molecular formula is C11H24N2O. The minimum Gasteiger partial charge on any atom is -0.341 e. The minimum atomic E-state index is -0.340. The van der Waals surface area contributed by atoms with Gasteiger partial charge in [0.05, 0.1) is 6.04 Å². The van der Waals surface area contributed by atoms with Gasteiger partial charge in [0.25, 0.3) is 0 Å². The molecule has 0 aliphatic heterocycles. The summed E-state index contributed by atoms with van der Waals surface area (Å²) in [6.07, 6.45) is 1.99. The zero-order valence-corrected chi connectivity index (χ0v) is 9.92. The van der Waals surface area contributed by atoms with Gasteiger partial charge in [0.1, 0.15) is 0 Å². The number of hydrogen-bond acceptors (Lipinski definition) is 2. The Morgan fingerprint density at radius 3 is 1.93 bits per heavy atom. The number of amides is 1. The lowest BCUT2D eigenvalue weighted by Gasteiger charge is -2.26. The molecule has 1 amide bonds. The summed E-state index contributed by atoms with van der Waals surface area (Å²) in [5, 5.41) is 0. The van der Waals surface area contributed by atoms with Gasteiger partial charge in [-0.15, -0.1) is 0 Å². The Labute approximate surface area is 87.6 Å². The first kappa shape index (κ1) is 13.4. The third-order valence-corrected chi connectivity index (χ3v) is 2.30. The van der Waals surface area contributed by atoms with Gasteiger partial charge in [0.15, 0.2) is 0 Å². The lowest BCUT2D eigenvalue weighted by molar-refractivity contribution is -0.133. The van der Waals surface area contributed by atoms with E-state index in [1.54, 1.807) is 0 Å². The second-order valence-corrected chi connectivity index (χ2v) is 4.10. The highest BCUT2D eigenvalue weighted by atomic mass is 16.2. The predicted molar refractivity (Wildman–Crippen MR) is 60.0 cm³/mol. The second-order valence-electron chi connectivity index (χ2n) is 4.10. The van der Waals surface area contributed by atoms with Crippen LogP contribution in [0.15, 0.2) is 0 Å². The smallest absolute Gasteiger partial charge is 0.239 e. The number of nitrogens with two attached hydrogens (primary N) is 1. The highest BCUT2D eigenvalue weighted by Crippen LogP contribution is 2.05. The highest BCUT2D eigenvalue weighted by Gasteiger charge is 2.22. The predicted octanol–water partition coefficient (Wildman–Crippen LogP) is 1.62. The van der Waals surface area contributed by atoms with E-state index in [4.69, 9.17) is 5.73 Å². The van der Waals surface area contributed by atoms with Crippen LogP contribution in [0, 0.1) is 5.92 Å². The number of carbonyl (C=O) groups is 1. The summed E-state index contributed by atoms with van der Waals surface area (Å²) in [7, 11) is 0. The molecule has 3 heteroatoms. The van der Waals surface area contributed by atoms with E-state index in [-0.39, 0.29) is 17.9 Å². The van der Waals surface area contributed by atoms with Crippen molar-refractivity contribution in [3.05, 3.63) is 0 Å². The molecular weight excluding hydrogens is 176 g/mol. The summed E-state index contributed by atoms with van der Waals surface area (Å²) in [4.78, 5) is 13.7. The average molecular weight is 200 g/mol. The molecule has 0 rings (SSSR count). The van der Waals surface area contributed by atoms with Crippen LogP contribution in [0.4, 0.5) is 0 Å². The van der Waals surface area contributed by atoms with E-state index in [1.165, 1.54) is 0 Å². The van der Waals surface area contributed by atoms with Crippen molar-refractivity contribution in [2.75, 3.05) is 13.1 Å². The Kier molecular flexibility index (Phi) is 6.54. The van der Waals surface area contributed by atoms with E-state index in [0.717, 1.165) is 25.9 Å². The first-order valence-corrected chi connectivity index (χ1v) is 5.58. The zero-order chi connectivity index (χ0) is 11.1. The van der Waals surface area contributed by atoms with Gasteiger partial charge in [-0.2, -0.15) is 0 Å². The number of carbonyl (C=O) groups excluding carboxylic acids is 1. The van der Waals surface area contributed by atoms with Gasteiger partial charge in [-0.1, -0.05) is 27.7 Å². The molecule has 0 aromatic carbocycles. The van der Waals surface area contributed by atoms with Gasteiger partial charge < -0.3 is 10.6 Å². The molecule has 0 bridgehead atoms. The van der Waals surface area contributed by atoms with Gasteiger partial charge >= 0.3 is 0 Å². The van der Waals surface area contributed by atoms with Gasteiger partial charge in [-0.3, -0.25) is 4.79 Å². The Morgan fingerprint density at radius 2 is 1.64 bits per heavy atom. The Balaban J connectivity index is 4.26. The summed E-state index contributed by atoms with van der Waals surface area (Å²) < 4.78 is 0. The first-order chi connectivity index (χ1) is 6.54. The van der Waals surface area contributed by atoms with Crippen molar-refractivity contribution in [2.45, 2.75) is 46.6 Å². The topological polar surface area (TPSA) is 46.3 Å². The molecule has 0 aromatic heterocycles. The van der Waals surface area contributed by atoms with Gasteiger partial charge in [0, 0.05) is 13.1 Å². The van der Waals surface area contributed by atoms with Gasteiger partial charge in [-0.05, 0) is 18.8 Å². The molecule has 0 aliphatic carbocycles. The standard InChI is InChI=1S/C11H24N2O/c1-5-7-13(8-6-2)11(14)10(12)9(3)4/h9-10H,5-8,12H2,1-4H3. The minimum absolute atomic E-state index is 0.101. The van der Waals surface area contributed by atoms with Crippen molar-refractivity contribution >= 4 is 5.91 Å². The van der Waals surface area contributed by atoms with Crippen LogP contribution in [0.2, 0.25) is 0 Å². The maximum Gasteiger partial charge on any atom is 0.239 e. The Bertz CT molecular complexity index is 163. The van der Waals surface area contributed by atoms with E-state index in [9.17, 15) is 4.79 Å². The van der Waals surface area contributed by atoms with E-state index in [2.05, 4.69) is 13.8 Å². The van der Waals surface area contributed by atoms with Gasteiger partial charge in [-0.25, -0.2) is 0 Å². The molecule has 0 radical (unpaired) electrons. The lowest BCUT2D eigenvalue weighted by atomic mass is 10.0. The molecule has 84 valence electrons. The quantitative estimate of drug-likeness (QED) is 0.708. The fourth-order valence-electron chi connectivity index (χ4n) is 1.37. The van der Waals surface area contributed by atoms with E-state index in [1.807, 2.05) is 18.7 Å². The van der Waals surface area contributed by atoms with Crippen LogP contribution in [-0.4, -0.2) is 29.9 Å². The SMILES string of the molecule is CCCN(CCC)C(=O)C(N)C(C)C. The van der Waals surface area contributed by atoms with Crippen LogP contribution in [0.25, 0.3) is 0 Å². The van der Waals surface area contributed by atoms with Crippen molar-refractivity contribution in [3.8, 4) is 0 Å². The van der Waals surface area contributed by atoms with Crippen LogP contribution in [0.5, 0.6) is 0 Å². The highest BCUT2D eigenvalue weighted by molar-refractivity contribution is 5.81. The summed E-state index contributed by atoms with van der Waals surface area (Å²) in [5.74, 6) is 0.322. The van der Waals surface area contributed by atoms with Crippen molar-refractivity contribution in [3.63, 3.8) is 0 Å². The molecule has 0 fully saturated rings. The van der Waals surface area contributed by atoms with E-state index in [0.29, 0.717) is 0 Å². The van der Waals surface area contributed by atoms with Crippen molar-refractivity contribution in [1.29, 1.82) is 0 Å². The third-order valence-electron chi connectivity index (χ3n) is 2.30. The monoisotopic (exact) mass is 200 g/mol. The van der Waals surface area contributed by atoms with Crippen LogP contribution in [0.1, 0.15) is 40.5 Å². The maximum absolute atomic E-state index is 11.9. The molecule has 0 saturated carbocycles. The first-order valence-electron chi connectivity index (χ1n) is 5.58. The molecule has 1 atom stereocenters. The average Bonchev–Trinajstić information content (AvgIpc) is 2.15.